The molecule has 2 saturated carbocycles. The van der Waals surface area contributed by atoms with Gasteiger partial charge in [-0.25, -0.2) is 9.18 Å². The van der Waals surface area contributed by atoms with Crippen LogP contribution in [0.15, 0.2) is 0 Å². The van der Waals surface area contributed by atoms with Gasteiger partial charge in [-0.05, 0) is 39.0 Å². The van der Waals surface area contributed by atoms with Crippen molar-refractivity contribution in [2.75, 3.05) is 6.61 Å². The zero-order valence-corrected chi connectivity index (χ0v) is 15.1. The molecule has 0 aromatic carbocycles. The summed E-state index contributed by atoms with van der Waals surface area (Å²) in [5.74, 6) is -1.58. The van der Waals surface area contributed by atoms with E-state index in [1.54, 1.807) is 6.92 Å². The van der Waals surface area contributed by atoms with Crippen LogP contribution in [0.1, 0.15) is 58.3 Å². The van der Waals surface area contributed by atoms with E-state index >= 15 is 0 Å². The number of hydrogen-bond donors (Lipinski definition) is 4. The quantitative estimate of drug-likeness (QED) is 0.496. The van der Waals surface area contributed by atoms with Crippen molar-refractivity contribution < 1.29 is 28.6 Å². The van der Waals surface area contributed by atoms with Crippen molar-refractivity contribution in [3.63, 3.8) is 0 Å². The van der Waals surface area contributed by atoms with Crippen molar-refractivity contribution in [2.24, 2.45) is 5.73 Å². The maximum atomic E-state index is 14.9. The van der Waals surface area contributed by atoms with Crippen molar-refractivity contribution in [1.29, 1.82) is 0 Å². The van der Waals surface area contributed by atoms with Crippen molar-refractivity contribution in [2.45, 2.75) is 81.6 Å². The Morgan fingerprint density at radius 3 is 2.27 bits per heavy atom. The summed E-state index contributed by atoms with van der Waals surface area (Å²) in [6.07, 6.45) is 1.08. The van der Waals surface area contributed by atoms with E-state index in [0.717, 1.165) is 12.8 Å². The Balaban J connectivity index is 2.10. The molecule has 8 nitrogen and oxygen atoms in total. The molecule has 0 aromatic rings. The number of hydrogen-bond acceptors (Lipinski definition) is 5. The van der Waals surface area contributed by atoms with E-state index in [-0.39, 0.29) is 13.0 Å². The highest BCUT2D eigenvalue weighted by atomic mass is 19.1. The lowest BCUT2D eigenvalue weighted by molar-refractivity contribution is -0.138. The number of aliphatic hydroxyl groups excluding tert-OH is 1. The number of primary amides is 1. The molecule has 26 heavy (non-hydrogen) atoms. The monoisotopic (exact) mass is 373 g/mol. The number of amides is 3. The lowest BCUT2D eigenvalue weighted by Crippen LogP contribution is -2.67. The Kier molecular flexibility index (Phi) is 6.44. The SMILES string of the molecule is CCOC(=O)N[C@@H](CC1(F)CCCC1)C(=O)NC1(C(O)C(N)=O)CCC1. The Morgan fingerprint density at radius 1 is 1.19 bits per heavy atom. The van der Waals surface area contributed by atoms with Gasteiger partial charge in [0, 0.05) is 6.42 Å². The third kappa shape index (κ3) is 4.63. The number of nitrogens with two attached hydrogens (primary N) is 1. The number of alkyl halides is 1. The molecular formula is C17H28FN3O5. The van der Waals surface area contributed by atoms with Gasteiger partial charge in [-0.2, -0.15) is 0 Å². The highest BCUT2D eigenvalue weighted by molar-refractivity contribution is 5.88. The first-order valence-electron chi connectivity index (χ1n) is 9.13. The predicted octanol–water partition coefficient (Wildman–Crippen LogP) is 0.659. The second-order valence-corrected chi connectivity index (χ2v) is 7.28. The summed E-state index contributed by atoms with van der Waals surface area (Å²) in [7, 11) is 0. The third-order valence-corrected chi connectivity index (χ3v) is 5.36. The van der Waals surface area contributed by atoms with Crippen LogP contribution in [0, 0.1) is 0 Å². The lowest BCUT2D eigenvalue weighted by atomic mass is 9.72. The molecule has 5 N–H and O–H groups in total. The van der Waals surface area contributed by atoms with Gasteiger partial charge >= 0.3 is 6.09 Å². The highest BCUT2D eigenvalue weighted by Gasteiger charge is 2.49. The van der Waals surface area contributed by atoms with E-state index in [1.807, 2.05) is 0 Å². The number of aliphatic hydroxyl groups is 1. The summed E-state index contributed by atoms with van der Waals surface area (Å²) in [4.78, 5) is 35.9. The van der Waals surface area contributed by atoms with Gasteiger partial charge in [0.2, 0.25) is 11.8 Å². The molecule has 0 aromatic heterocycles. The summed E-state index contributed by atoms with van der Waals surface area (Å²) in [5, 5.41) is 15.1. The fraction of sp³-hybridized carbons (Fsp3) is 0.824. The third-order valence-electron chi connectivity index (χ3n) is 5.36. The first-order valence-corrected chi connectivity index (χ1v) is 9.13. The summed E-state index contributed by atoms with van der Waals surface area (Å²) >= 11 is 0. The number of ether oxygens (including phenoxy) is 1. The van der Waals surface area contributed by atoms with Crippen molar-refractivity contribution in [3.8, 4) is 0 Å². The molecule has 2 fully saturated rings. The Morgan fingerprint density at radius 2 is 1.81 bits per heavy atom. The van der Waals surface area contributed by atoms with Crippen LogP contribution in [0.3, 0.4) is 0 Å². The summed E-state index contributed by atoms with van der Waals surface area (Å²) in [5.41, 5.74) is 2.48. The van der Waals surface area contributed by atoms with E-state index in [1.165, 1.54) is 0 Å². The number of nitrogens with one attached hydrogen (secondary N) is 2. The fourth-order valence-corrected chi connectivity index (χ4v) is 3.73. The molecule has 3 amide bonds. The van der Waals surface area contributed by atoms with Gasteiger partial charge in [-0.1, -0.05) is 12.8 Å². The minimum atomic E-state index is -1.53. The van der Waals surface area contributed by atoms with Gasteiger partial charge in [-0.15, -0.1) is 0 Å². The lowest BCUT2D eigenvalue weighted by Gasteiger charge is -2.45. The maximum absolute atomic E-state index is 14.9. The van der Waals surface area contributed by atoms with Crippen LogP contribution in [-0.2, 0) is 14.3 Å². The molecule has 2 atom stereocenters. The van der Waals surface area contributed by atoms with Gasteiger partial charge < -0.3 is 26.2 Å². The number of alkyl carbamates (subject to hydrolysis) is 1. The zero-order valence-electron chi connectivity index (χ0n) is 15.1. The van der Waals surface area contributed by atoms with Gasteiger partial charge in [0.15, 0.2) is 6.10 Å². The minimum absolute atomic E-state index is 0.116. The van der Waals surface area contributed by atoms with Crippen LogP contribution in [0.5, 0.6) is 0 Å². The maximum Gasteiger partial charge on any atom is 0.407 e. The van der Waals surface area contributed by atoms with Crippen LogP contribution in [-0.4, -0.2) is 53.0 Å². The minimum Gasteiger partial charge on any atom is -0.450 e. The molecule has 0 radical (unpaired) electrons. The van der Waals surface area contributed by atoms with Gasteiger partial charge in [-0.3, -0.25) is 9.59 Å². The second-order valence-electron chi connectivity index (χ2n) is 7.28. The van der Waals surface area contributed by atoms with Crippen LogP contribution in [0.2, 0.25) is 0 Å². The first kappa shape index (κ1) is 20.4. The van der Waals surface area contributed by atoms with Gasteiger partial charge in [0.1, 0.15) is 11.7 Å². The van der Waals surface area contributed by atoms with Crippen molar-refractivity contribution >= 4 is 17.9 Å². The Bertz CT molecular complexity index is 547. The standard InChI is InChI=1S/C17H28FN3O5/c1-2-26-15(25)20-11(10-16(18)6-3-4-7-16)14(24)21-17(8-5-9-17)12(22)13(19)23/h11-12,22H,2-10H2,1H3,(H2,19,23)(H,20,25)(H,21,24)/t11-,12?/m0/s1. The molecule has 148 valence electrons. The molecule has 0 heterocycles. The Labute approximate surface area is 152 Å². The molecule has 2 rings (SSSR count). The number of rotatable bonds is 8. The molecule has 9 heteroatoms. The number of carbonyl (C=O) groups excluding carboxylic acids is 3. The van der Waals surface area contributed by atoms with Crippen molar-refractivity contribution in [3.05, 3.63) is 0 Å². The van der Waals surface area contributed by atoms with E-state index in [0.29, 0.717) is 32.1 Å². The zero-order chi connectivity index (χ0) is 19.4. The molecule has 0 saturated heterocycles. The largest absolute Gasteiger partial charge is 0.450 e. The summed E-state index contributed by atoms with van der Waals surface area (Å²) in [6.45, 7) is 1.74. The first-order chi connectivity index (χ1) is 12.2. The molecule has 2 aliphatic carbocycles. The molecule has 0 bridgehead atoms. The average molecular weight is 373 g/mol. The van der Waals surface area contributed by atoms with E-state index in [4.69, 9.17) is 10.5 Å². The number of carbonyl (C=O) groups is 3. The van der Waals surface area contributed by atoms with Crippen LogP contribution in [0.4, 0.5) is 9.18 Å². The summed E-state index contributed by atoms with van der Waals surface area (Å²) < 4.78 is 19.7. The molecular weight excluding hydrogens is 345 g/mol. The van der Waals surface area contributed by atoms with Gasteiger partial charge in [0.25, 0.3) is 0 Å². The molecule has 0 aliphatic heterocycles. The van der Waals surface area contributed by atoms with Crippen LogP contribution in [0.25, 0.3) is 0 Å². The smallest absolute Gasteiger partial charge is 0.407 e. The van der Waals surface area contributed by atoms with Crippen LogP contribution >= 0.6 is 0 Å². The van der Waals surface area contributed by atoms with Crippen LogP contribution < -0.4 is 16.4 Å². The normalized spacial score (nSPS) is 22.6. The van der Waals surface area contributed by atoms with E-state index in [2.05, 4.69) is 10.6 Å². The predicted molar refractivity (Wildman–Crippen MR) is 90.8 cm³/mol. The highest BCUT2D eigenvalue weighted by Crippen LogP contribution is 2.38. The Hall–Kier alpha value is -1.90. The van der Waals surface area contributed by atoms with Crippen molar-refractivity contribution in [1.82, 2.24) is 10.6 Å². The second kappa shape index (κ2) is 8.20. The fourth-order valence-electron chi connectivity index (χ4n) is 3.73. The number of halogens is 1. The van der Waals surface area contributed by atoms with E-state index < -0.39 is 41.3 Å². The van der Waals surface area contributed by atoms with E-state index in [9.17, 15) is 23.9 Å². The average Bonchev–Trinajstić information content (AvgIpc) is 2.96. The topological polar surface area (TPSA) is 131 Å². The molecule has 0 spiro atoms. The summed E-state index contributed by atoms with van der Waals surface area (Å²) in [6, 6.07) is -1.16. The van der Waals surface area contributed by atoms with Gasteiger partial charge in [0.05, 0.1) is 12.1 Å². The molecule has 1 unspecified atom stereocenters. The molecule has 2 aliphatic rings.